The minimum atomic E-state index is -3.70. The average Bonchev–Trinajstić information content (AvgIpc) is 3.12. The molecule has 10 heteroatoms. The number of anilines is 1. The number of halogens is 2. The summed E-state index contributed by atoms with van der Waals surface area (Å²) in [7, 11) is -3.70. The van der Waals surface area contributed by atoms with Crippen LogP contribution < -0.4 is 9.62 Å². The fraction of sp³-hybridized carbons (Fsp3) is 0.357. The van der Waals surface area contributed by atoms with Crippen LogP contribution in [-0.4, -0.2) is 44.3 Å². The van der Waals surface area contributed by atoms with E-state index in [1.807, 2.05) is 25.1 Å². The molecule has 1 N–H and O–H groups in total. The van der Waals surface area contributed by atoms with Gasteiger partial charge in [-0.2, -0.15) is 0 Å². The number of carbonyl (C=O) groups is 2. The Bertz CT molecular complexity index is 1460. The highest BCUT2D eigenvalue weighted by Crippen LogP contribution is 2.42. The lowest BCUT2D eigenvalue weighted by Crippen LogP contribution is -2.47. The first kappa shape index (κ1) is 28.2. The van der Waals surface area contributed by atoms with Gasteiger partial charge in [-0.25, -0.2) is 8.42 Å². The van der Waals surface area contributed by atoms with E-state index in [-0.39, 0.29) is 36.2 Å². The molecule has 4 rings (SSSR count). The molecule has 0 aromatic heterocycles. The standard InChI is InChI=1S/C28H31Cl2N3O4S/c1-3-4-15-31-28(35)19(2)32(18-20-13-14-22(29)23(30)17-20)26(34)12-7-16-33-24-10-5-8-21-9-6-11-25(27(21)24)38(33,36)37/h5-6,8-11,13-14,17,19H,3-4,7,12,15-16,18H2,1-2H3,(H,31,35). The van der Waals surface area contributed by atoms with Gasteiger partial charge in [-0.3, -0.25) is 13.9 Å². The second-order valence-electron chi connectivity index (χ2n) is 9.40. The maximum absolute atomic E-state index is 13.4. The number of hydrogen-bond donors (Lipinski definition) is 1. The molecule has 0 saturated carbocycles. The van der Waals surface area contributed by atoms with Gasteiger partial charge in [0.05, 0.1) is 20.6 Å². The summed E-state index contributed by atoms with van der Waals surface area (Å²) in [6.45, 7) is 4.59. The van der Waals surface area contributed by atoms with Crippen molar-refractivity contribution >= 4 is 61.5 Å². The van der Waals surface area contributed by atoms with Crippen LogP contribution in [0.2, 0.25) is 10.0 Å². The zero-order valence-corrected chi connectivity index (χ0v) is 23.7. The van der Waals surface area contributed by atoms with Crippen molar-refractivity contribution in [3.05, 3.63) is 70.2 Å². The van der Waals surface area contributed by atoms with Crippen LogP contribution >= 0.6 is 23.2 Å². The van der Waals surface area contributed by atoms with Crippen LogP contribution in [-0.2, 0) is 26.2 Å². The molecule has 3 aromatic rings. The van der Waals surface area contributed by atoms with E-state index in [1.54, 1.807) is 43.3 Å². The number of amides is 2. The number of nitrogens with one attached hydrogen (secondary N) is 1. The summed E-state index contributed by atoms with van der Waals surface area (Å²) in [5, 5.41) is 5.23. The number of sulfonamides is 1. The SMILES string of the molecule is CCCCNC(=O)C(C)N(Cc1ccc(Cl)c(Cl)c1)C(=O)CCCN1c2cccc3cccc(c23)S1(=O)=O. The summed E-state index contributed by atoms with van der Waals surface area (Å²) >= 11 is 12.2. The Morgan fingerprint density at radius 2 is 1.76 bits per heavy atom. The van der Waals surface area contributed by atoms with Gasteiger partial charge in [0, 0.05) is 31.4 Å². The van der Waals surface area contributed by atoms with Gasteiger partial charge >= 0.3 is 0 Å². The molecule has 1 aliphatic rings. The first-order valence-corrected chi connectivity index (χ1v) is 14.9. The Hall–Kier alpha value is -2.81. The highest BCUT2D eigenvalue weighted by atomic mass is 35.5. The summed E-state index contributed by atoms with van der Waals surface area (Å²) in [4.78, 5) is 28.1. The largest absolute Gasteiger partial charge is 0.354 e. The number of rotatable bonds is 11. The van der Waals surface area contributed by atoms with E-state index in [9.17, 15) is 18.0 Å². The normalized spacial score (nSPS) is 14.5. The molecule has 38 heavy (non-hydrogen) atoms. The van der Waals surface area contributed by atoms with E-state index < -0.39 is 16.1 Å². The fourth-order valence-electron chi connectivity index (χ4n) is 4.67. The van der Waals surface area contributed by atoms with E-state index in [2.05, 4.69) is 5.32 Å². The summed E-state index contributed by atoms with van der Waals surface area (Å²) < 4.78 is 27.9. The zero-order chi connectivity index (χ0) is 27.4. The number of hydrogen-bond acceptors (Lipinski definition) is 4. The monoisotopic (exact) mass is 575 g/mol. The Morgan fingerprint density at radius 3 is 2.47 bits per heavy atom. The third-order valence-corrected chi connectivity index (χ3v) is 9.36. The van der Waals surface area contributed by atoms with E-state index in [0.717, 1.165) is 23.8 Å². The van der Waals surface area contributed by atoms with Gasteiger partial charge in [0.2, 0.25) is 11.8 Å². The van der Waals surface area contributed by atoms with Crippen LogP contribution in [0.1, 0.15) is 45.1 Å². The maximum atomic E-state index is 13.4. The number of unbranched alkanes of at least 4 members (excludes halogenated alkanes) is 1. The molecule has 7 nitrogen and oxygen atoms in total. The van der Waals surface area contributed by atoms with E-state index >= 15 is 0 Å². The van der Waals surface area contributed by atoms with Crippen LogP contribution in [0.25, 0.3) is 10.8 Å². The van der Waals surface area contributed by atoms with E-state index in [4.69, 9.17) is 23.2 Å². The molecule has 0 radical (unpaired) electrons. The zero-order valence-electron chi connectivity index (χ0n) is 21.4. The molecule has 1 heterocycles. The Labute approximate surface area is 233 Å². The third-order valence-electron chi connectivity index (χ3n) is 6.77. The fourth-order valence-corrected chi connectivity index (χ4v) is 6.74. The number of benzene rings is 3. The van der Waals surface area contributed by atoms with Gasteiger partial charge in [0.1, 0.15) is 6.04 Å². The van der Waals surface area contributed by atoms with Crippen molar-refractivity contribution in [2.24, 2.45) is 0 Å². The maximum Gasteiger partial charge on any atom is 0.265 e. The van der Waals surface area contributed by atoms with Crippen LogP contribution in [0.4, 0.5) is 5.69 Å². The highest BCUT2D eigenvalue weighted by Gasteiger charge is 2.35. The molecule has 3 aromatic carbocycles. The van der Waals surface area contributed by atoms with Crippen molar-refractivity contribution in [3.8, 4) is 0 Å². The lowest BCUT2D eigenvalue weighted by molar-refractivity contribution is -0.140. The first-order valence-electron chi connectivity index (χ1n) is 12.7. The quantitative estimate of drug-likeness (QED) is 0.294. The first-order chi connectivity index (χ1) is 18.1. The molecule has 0 bridgehead atoms. The Morgan fingerprint density at radius 1 is 1.03 bits per heavy atom. The molecule has 0 spiro atoms. The predicted octanol–water partition coefficient (Wildman–Crippen LogP) is 5.77. The van der Waals surface area contributed by atoms with Crippen LogP contribution in [0.3, 0.4) is 0 Å². The second kappa shape index (κ2) is 11.9. The van der Waals surface area contributed by atoms with Crippen molar-refractivity contribution in [1.82, 2.24) is 10.2 Å². The molecule has 1 atom stereocenters. The second-order valence-corrected chi connectivity index (χ2v) is 12.0. The molecule has 202 valence electrons. The predicted molar refractivity (Wildman–Crippen MR) is 152 cm³/mol. The van der Waals surface area contributed by atoms with Crippen LogP contribution in [0, 0.1) is 0 Å². The summed E-state index contributed by atoms with van der Waals surface area (Å²) in [6, 6.07) is 15.1. The molecule has 1 aliphatic heterocycles. The third kappa shape index (κ3) is 5.77. The lowest BCUT2D eigenvalue weighted by atomic mass is 10.1. The van der Waals surface area contributed by atoms with Gasteiger partial charge in [0.15, 0.2) is 0 Å². The van der Waals surface area contributed by atoms with Crippen LogP contribution in [0.5, 0.6) is 0 Å². The van der Waals surface area contributed by atoms with Gasteiger partial charge in [0.25, 0.3) is 10.0 Å². The Kier molecular flexibility index (Phi) is 8.85. The highest BCUT2D eigenvalue weighted by molar-refractivity contribution is 7.93. The van der Waals surface area contributed by atoms with Crippen molar-refractivity contribution < 1.29 is 18.0 Å². The molecular formula is C28H31Cl2N3O4S. The minimum Gasteiger partial charge on any atom is -0.354 e. The van der Waals surface area contributed by atoms with Crippen molar-refractivity contribution in [3.63, 3.8) is 0 Å². The average molecular weight is 577 g/mol. The molecule has 2 amide bonds. The van der Waals surface area contributed by atoms with Crippen molar-refractivity contribution in [1.29, 1.82) is 0 Å². The summed E-state index contributed by atoms with van der Waals surface area (Å²) in [5.74, 6) is -0.488. The molecular weight excluding hydrogens is 545 g/mol. The Balaban J connectivity index is 1.49. The van der Waals surface area contributed by atoms with Gasteiger partial charge in [-0.1, -0.05) is 66.9 Å². The van der Waals surface area contributed by atoms with E-state index in [0.29, 0.717) is 34.1 Å². The topological polar surface area (TPSA) is 86.8 Å². The van der Waals surface area contributed by atoms with E-state index in [1.165, 1.54) is 9.21 Å². The van der Waals surface area contributed by atoms with Crippen molar-refractivity contribution in [2.45, 2.75) is 57.0 Å². The lowest BCUT2D eigenvalue weighted by Gasteiger charge is -2.29. The minimum absolute atomic E-state index is 0.0756. The molecule has 0 saturated heterocycles. The molecule has 0 fully saturated rings. The summed E-state index contributed by atoms with van der Waals surface area (Å²) in [6.07, 6.45) is 2.16. The summed E-state index contributed by atoms with van der Waals surface area (Å²) in [5.41, 5.74) is 1.37. The van der Waals surface area contributed by atoms with Gasteiger partial charge < -0.3 is 10.2 Å². The molecule has 1 unspecified atom stereocenters. The molecule has 0 aliphatic carbocycles. The number of carbonyl (C=O) groups excluding carboxylic acids is 2. The number of nitrogens with zero attached hydrogens (tertiary/aromatic N) is 2. The van der Waals surface area contributed by atoms with Crippen molar-refractivity contribution in [2.75, 3.05) is 17.4 Å². The van der Waals surface area contributed by atoms with Crippen LogP contribution in [0.15, 0.2) is 59.5 Å². The smallest absolute Gasteiger partial charge is 0.265 e. The van der Waals surface area contributed by atoms with Gasteiger partial charge in [-0.05, 0) is 55.0 Å². The van der Waals surface area contributed by atoms with Gasteiger partial charge in [-0.15, -0.1) is 0 Å².